The molecule has 0 fully saturated rings. The quantitative estimate of drug-likeness (QED) is 0.904. The van der Waals surface area contributed by atoms with Crippen LogP contribution in [0.5, 0.6) is 0 Å². The molecule has 1 rings (SSSR count). The van der Waals surface area contributed by atoms with Crippen LogP contribution >= 0.6 is 0 Å². The fraction of sp³-hybridized carbons (Fsp3) is 0.429. The van der Waals surface area contributed by atoms with Gasteiger partial charge in [0.2, 0.25) is 0 Å². The zero-order valence-corrected chi connectivity index (χ0v) is 11.6. The first kappa shape index (κ1) is 16.1. The van der Waals surface area contributed by atoms with Crippen molar-refractivity contribution >= 4 is 11.9 Å². The molecule has 0 aromatic heterocycles. The molecular weight excluding hydrogens is 268 g/mol. The van der Waals surface area contributed by atoms with Crippen LogP contribution in [0.4, 0.5) is 8.78 Å². The van der Waals surface area contributed by atoms with Crippen LogP contribution in [0.25, 0.3) is 0 Å². The summed E-state index contributed by atoms with van der Waals surface area (Å²) in [5.41, 5.74) is -0.180. The molecule has 0 aliphatic heterocycles. The number of carboxylic acids is 1. The van der Waals surface area contributed by atoms with E-state index in [0.29, 0.717) is 6.07 Å². The van der Waals surface area contributed by atoms with E-state index in [0.717, 1.165) is 11.0 Å². The SMILES string of the molecule is Cc1cc(C(=O)N(CC(=O)O)CC(C)C)c(F)cc1F. The Hall–Kier alpha value is -1.98. The average molecular weight is 285 g/mol. The Labute approximate surface area is 116 Å². The number of aliphatic carboxylic acids is 1. The van der Waals surface area contributed by atoms with Crippen LogP contribution in [0.15, 0.2) is 12.1 Å². The van der Waals surface area contributed by atoms with E-state index in [1.54, 1.807) is 0 Å². The lowest BCUT2D eigenvalue weighted by Gasteiger charge is -2.23. The first-order valence-corrected chi connectivity index (χ1v) is 6.19. The van der Waals surface area contributed by atoms with E-state index in [9.17, 15) is 18.4 Å². The Morgan fingerprint density at radius 1 is 1.25 bits per heavy atom. The van der Waals surface area contributed by atoms with Crippen molar-refractivity contribution in [3.05, 3.63) is 34.9 Å². The Morgan fingerprint density at radius 2 is 1.85 bits per heavy atom. The summed E-state index contributed by atoms with van der Waals surface area (Å²) in [4.78, 5) is 24.0. The predicted octanol–water partition coefficient (Wildman–Crippen LogP) is 2.46. The van der Waals surface area contributed by atoms with Gasteiger partial charge in [0.05, 0.1) is 5.56 Å². The molecule has 0 radical (unpaired) electrons. The van der Waals surface area contributed by atoms with Gasteiger partial charge in [0.15, 0.2) is 0 Å². The molecule has 0 heterocycles. The number of carbonyl (C=O) groups excluding carboxylic acids is 1. The van der Waals surface area contributed by atoms with Crippen LogP contribution < -0.4 is 0 Å². The molecule has 6 heteroatoms. The minimum Gasteiger partial charge on any atom is -0.480 e. The van der Waals surface area contributed by atoms with E-state index in [1.807, 2.05) is 13.8 Å². The maximum Gasteiger partial charge on any atom is 0.323 e. The van der Waals surface area contributed by atoms with Crippen molar-refractivity contribution in [1.29, 1.82) is 0 Å². The maximum atomic E-state index is 13.7. The summed E-state index contributed by atoms with van der Waals surface area (Å²) in [5.74, 6) is -3.63. The highest BCUT2D eigenvalue weighted by molar-refractivity contribution is 5.96. The lowest BCUT2D eigenvalue weighted by molar-refractivity contribution is -0.137. The van der Waals surface area contributed by atoms with E-state index >= 15 is 0 Å². The summed E-state index contributed by atoms with van der Waals surface area (Å²) >= 11 is 0. The van der Waals surface area contributed by atoms with Gasteiger partial charge >= 0.3 is 5.97 Å². The third-order valence-corrected chi connectivity index (χ3v) is 2.68. The number of benzene rings is 1. The van der Waals surface area contributed by atoms with Gasteiger partial charge in [-0.2, -0.15) is 0 Å². The summed E-state index contributed by atoms with van der Waals surface area (Å²) < 4.78 is 26.9. The Kier molecular flexibility index (Phi) is 5.19. The minimum atomic E-state index is -1.18. The maximum absolute atomic E-state index is 13.7. The summed E-state index contributed by atoms with van der Waals surface area (Å²) in [6.45, 7) is 4.70. The number of nitrogens with zero attached hydrogens (tertiary/aromatic N) is 1. The highest BCUT2D eigenvalue weighted by Gasteiger charge is 2.23. The molecule has 1 aromatic carbocycles. The molecule has 0 unspecified atom stereocenters. The molecule has 0 saturated heterocycles. The van der Waals surface area contributed by atoms with Crippen LogP contribution in [-0.4, -0.2) is 35.0 Å². The standard InChI is InChI=1S/C14H17F2NO3/c1-8(2)6-17(7-13(18)19)14(20)10-4-9(3)11(15)5-12(10)16/h4-5,8H,6-7H2,1-3H3,(H,18,19). The number of hydrogen-bond donors (Lipinski definition) is 1. The van der Waals surface area contributed by atoms with Gasteiger partial charge in [0.1, 0.15) is 18.2 Å². The third-order valence-electron chi connectivity index (χ3n) is 2.68. The molecule has 0 saturated carbocycles. The van der Waals surface area contributed by atoms with Crippen molar-refractivity contribution in [2.75, 3.05) is 13.1 Å². The number of amides is 1. The van der Waals surface area contributed by atoms with Gasteiger partial charge in [-0.15, -0.1) is 0 Å². The fourth-order valence-corrected chi connectivity index (χ4v) is 1.81. The molecule has 0 aliphatic carbocycles. The molecule has 1 N–H and O–H groups in total. The van der Waals surface area contributed by atoms with Crippen molar-refractivity contribution in [2.45, 2.75) is 20.8 Å². The molecule has 0 atom stereocenters. The van der Waals surface area contributed by atoms with Crippen LogP contribution in [0, 0.1) is 24.5 Å². The number of rotatable bonds is 5. The van der Waals surface area contributed by atoms with Crippen molar-refractivity contribution in [2.24, 2.45) is 5.92 Å². The van der Waals surface area contributed by atoms with Crippen LogP contribution in [0.2, 0.25) is 0 Å². The van der Waals surface area contributed by atoms with Gasteiger partial charge in [0, 0.05) is 12.6 Å². The van der Waals surface area contributed by atoms with E-state index < -0.39 is 30.1 Å². The topological polar surface area (TPSA) is 57.6 Å². The van der Waals surface area contributed by atoms with Crippen molar-refractivity contribution in [3.63, 3.8) is 0 Å². The Morgan fingerprint density at radius 3 is 2.35 bits per heavy atom. The summed E-state index contributed by atoms with van der Waals surface area (Å²) in [5, 5.41) is 8.81. The first-order chi connectivity index (χ1) is 9.22. The number of carbonyl (C=O) groups is 2. The third kappa shape index (κ3) is 4.01. The molecule has 1 aromatic rings. The molecule has 0 spiro atoms. The number of halogens is 2. The average Bonchev–Trinajstić information content (AvgIpc) is 2.31. The van der Waals surface area contributed by atoms with E-state index in [2.05, 4.69) is 0 Å². The van der Waals surface area contributed by atoms with Gasteiger partial charge in [-0.1, -0.05) is 13.8 Å². The molecule has 0 aliphatic rings. The predicted molar refractivity (Wildman–Crippen MR) is 69.5 cm³/mol. The van der Waals surface area contributed by atoms with Gasteiger partial charge in [-0.05, 0) is 24.5 Å². The Bertz CT molecular complexity index is 529. The summed E-state index contributed by atoms with van der Waals surface area (Å²) in [6.07, 6.45) is 0. The molecule has 1 amide bonds. The van der Waals surface area contributed by atoms with E-state index in [1.165, 1.54) is 6.92 Å². The minimum absolute atomic E-state index is 0.0305. The zero-order chi connectivity index (χ0) is 15.4. The number of carboxylic acid groups (broad SMARTS) is 1. The second-order valence-electron chi connectivity index (χ2n) is 5.05. The second kappa shape index (κ2) is 6.45. The second-order valence-corrected chi connectivity index (χ2v) is 5.05. The zero-order valence-electron chi connectivity index (χ0n) is 11.6. The normalized spacial score (nSPS) is 10.7. The van der Waals surface area contributed by atoms with Crippen molar-refractivity contribution in [3.8, 4) is 0 Å². The highest BCUT2D eigenvalue weighted by atomic mass is 19.1. The molecule has 110 valence electrons. The fourth-order valence-electron chi connectivity index (χ4n) is 1.81. The number of aryl methyl sites for hydroxylation is 1. The molecular formula is C14H17F2NO3. The molecule has 0 bridgehead atoms. The van der Waals surface area contributed by atoms with E-state index in [4.69, 9.17) is 5.11 Å². The van der Waals surface area contributed by atoms with Gasteiger partial charge in [-0.3, -0.25) is 9.59 Å². The molecule has 20 heavy (non-hydrogen) atoms. The van der Waals surface area contributed by atoms with Crippen LogP contribution in [0.1, 0.15) is 29.8 Å². The van der Waals surface area contributed by atoms with Gasteiger partial charge in [0.25, 0.3) is 5.91 Å². The van der Waals surface area contributed by atoms with Crippen LogP contribution in [-0.2, 0) is 4.79 Å². The van der Waals surface area contributed by atoms with Gasteiger partial charge < -0.3 is 10.0 Å². The summed E-state index contributed by atoms with van der Waals surface area (Å²) in [6, 6.07) is 1.74. The van der Waals surface area contributed by atoms with Crippen LogP contribution in [0.3, 0.4) is 0 Å². The first-order valence-electron chi connectivity index (χ1n) is 6.19. The monoisotopic (exact) mass is 285 g/mol. The lowest BCUT2D eigenvalue weighted by atomic mass is 10.1. The van der Waals surface area contributed by atoms with E-state index in [-0.39, 0.29) is 23.6 Å². The van der Waals surface area contributed by atoms with Crippen molar-refractivity contribution < 1.29 is 23.5 Å². The number of hydrogen-bond acceptors (Lipinski definition) is 2. The van der Waals surface area contributed by atoms with Gasteiger partial charge in [-0.25, -0.2) is 8.78 Å². The summed E-state index contributed by atoms with van der Waals surface area (Å²) in [7, 11) is 0. The van der Waals surface area contributed by atoms with Crippen molar-refractivity contribution in [1.82, 2.24) is 4.90 Å². The highest BCUT2D eigenvalue weighted by Crippen LogP contribution is 2.17. The Balaban J connectivity index is 3.11. The molecule has 4 nitrogen and oxygen atoms in total. The smallest absolute Gasteiger partial charge is 0.323 e. The lowest BCUT2D eigenvalue weighted by Crippen LogP contribution is -2.38. The largest absolute Gasteiger partial charge is 0.480 e.